The van der Waals surface area contributed by atoms with Crippen LogP contribution in [0.25, 0.3) is 11.4 Å². The zero-order valence-corrected chi connectivity index (χ0v) is 18.9. The summed E-state index contributed by atoms with van der Waals surface area (Å²) in [7, 11) is 0. The van der Waals surface area contributed by atoms with Gasteiger partial charge in [0.1, 0.15) is 5.82 Å². The third kappa shape index (κ3) is 5.79. The number of nitrogens with one attached hydrogen (secondary N) is 1. The van der Waals surface area contributed by atoms with Crippen molar-refractivity contribution in [3.63, 3.8) is 0 Å². The molecule has 0 saturated carbocycles. The predicted octanol–water partition coefficient (Wildman–Crippen LogP) is 4.64. The molecule has 1 amide bonds. The van der Waals surface area contributed by atoms with Crippen LogP contribution < -0.4 is 5.43 Å². The van der Waals surface area contributed by atoms with Crippen molar-refractivity contribution in [1.82, 2.24) is 20.2 Å². The average Bonchev–Trinajstić information content (AvgIpc) is 3.16. The Balaban J connectivity index is 1.63. The van der Waals surface area contributed by atoms with Gasteiger partial charge in [0, 0.05) is 17.7 Å². The van der Waals surface area contributed by atoms with Gasteiger partial charge in [0.05, 0.1) is 12.0 Å². The van der Waals surface area contributed by atoms with Gasteiger partial charge in [-0.15, -0.1) is 10.2 Å². The zero-order valence-electron chi connectivity index (χ0n) is 18.1. The standard InChI is InChI=1S/C23H26FN5OS/c1-5-29-21(16-10-12-18(13-11-16)23(2,3)4)27-28-22(29)31-15-20(30)26-25-14-17-8-6-7-9-19(17)24/h6-14H,5,15H2,1-4H3,(H,26,30)/b25-14-. The van der Waals surface area contributed by atoms with Crippen molar-refractivity contribution in [2.75, 3.05) is 5.75 Å². The average molecular weight is 440 g/mol. The van der Waals surface area contributed by atoms with E-state index in [1.807, 2.05) is 11.5 Å². The third-order valence-corrected chi connectivity index (χ3v) is 5.64. The van der Waals surface area contributed by atoms with Gasteiger partial charge in [-0.05, 0) is 24.0 Å². The fraction of sp³-hybridized carbons (Fsp3) is 0.304. The lowest BCUT2D eigenvalue weighted by Crippen LogP contribution is -2.20. The first-order valence-corrected chi connectivity index (χ1v) is 11.0. The minimum Gasteiger partial charge on any atom is -0.302 e. The molecule has 1 heterocycles. The van der Waals surface area contributed by atoms with E-state index in [9.17, 15) is 9.18 Å². The van der Waals surface area contributed by atoms with E-state index in [4.69, 9.17) is 0 Å². The quantitative estimate of drug-likeness (QED) is 0.331. The highest BCUT2D eigenvalue weighted by Gasteiger charge is 2.17. The van der Waals surface area contributed by atoms with Crippen LogP contribution in [0.4, 0.5) is 4.39 Å². The summed E-state index contributed by atoms with van der Waals surface area (Å²) < 4.78 is 15.5. The molecule has 3 rings (SSSR count). The maximum Gasteiger partial charge on any atom is 0.250 e. The number of aromatic nitrogens is 3. The number of carbonyl (C=O) groups is 1. The SMILES string of the molecule is CCn1c(SCC(=O)N/N=C\c2ccccc2F)nnc1-c1ccc(C(C)(C)C)cc1. The van der Waals surface area contributed by atoms with Gasteiger partial charge in [-0.1, -0.05) is 75.0 Å². The summed E-state index contributed by atoms with van der Waals surface area (Å²) in [5.74, 6) is 0.187. The molecule has 0 aliphatic heterocycles. The maximum absolute atomic E-state index is 13.6. The molecule has 0 aliphatic rings. The molecule has 1 aromatic heterocycles. The predicted molar refractivity (Wildman–Crippen MR) is 123 cm³/mol. The minimum atomic E-state index is -0.394. The van der Waals surface area contributed by atoms with Crippen LogP contribution in [-0.4, -0.2) is 32.6 Å². The summed E-state index contributed by atoms with van der Waals surface area (Å²) in [6.45, 7) is 9.22. The second kappa shape index (κ2) is 9.87. The molecule has 0 fully saturated rings. The van der Waals surface area contributed by atoms with Crippen LogP contribution >= 0.6 is 11.8 Å². The van der Waals surface area contributed by atoms with E-state index < -0.39 is 5.82 Å². The summed E-state index contributed by atoms with van der Waals surface area (Å²) in [5.41, 5.74) is 5.03. The van der Waals surface area contributed by atoms with Gasteiger partial charge in [0.25, 0.3) is 5.91 Å². The first-order chi connectivity index (χ1) is 14.8. The van der Waals surface area contributed by atoms with Crippen molar-refractivity contribution >= 4 is 23.9 Å². The molecule has 0 aliphatic carbocycles. The Morgan fingerprint density at radius 1 is 1.16 bits per heavy atom. The van der Waals surface area contributed by atoms with Gasteiger partial charge in [-0.3, -0.25) is 4.79 Å². The fourth-order valence-corrected chi connectivity index (χ4v) is 3.72. The Labute approximate surface area is 186 Å². The number of hydrogen-bond acceptors (Lipinski definition) is 5. The highest BCUT2D eigenvalue weighted by atomic mass is 32.2. The number of thioether (sulfide) groups is 1. The maximum atomic E-state index is 13.6. The summed E-state index contributed by atoms with van der Waals surface area (Å²) in [6, 6.07) is 14.5. The highest BCUT2D eigenvalue weighted by molar-refractivity contribution is 7.99. The van der Waals surface area contributed by atoms with Gasteiger partial charge in [-0.2, -0.15) is 5.10 Å². The Morgan fingerprint density at radius 2 is 1.87 bits per heavy atom. The van der Waals surface area contributed by atoms with Crippen LogP contribution in [0, 0.1) is 5.82 Å². The van der Waals surface area contributed by atoms with Crippen LogP contribution in [0.5, 0.6) is 0 Å². The Hall–Kier alpha value is -3.00. The second-order valence-corrected chi connectivity index (χ2v) is 8.92. The molecule has 8 heteroatoms. The van der Waals surface area contributed by atoms with E-state index in [0.717, 1.165) is 11.4 Å². The minimum absolute atomic E-state index is 0.0834. The lowest BCUT2D eigenvalue weighted by Gasteiger charge is -2.19. The monoisotopic (exact) mass is 439 g/mol. The molecule has 162 valence electrons. The molecule has 0 radical (unpaired) electrons. The Kier molecular flexibility index (Phi) is 7.22. The van der Waals surface area contributed by atoms with Crippen LogP contribution in [0.1, 0.15) is 38.8 Å². The summed E-state index contributed by atoms with van der Waals surface area (Å²) in [5, 5.41) is 13.1. The summed E-state index contributed by atoms with van der Waals surface area (Å²) in [6.07, 6.45) is 1.28. The van der Waals surface area contributed by atoms with Gasteiger partial charge < -0.3 is 4.57 Å². The molecule has 2 aromatic carbocycles. The fourth-order valence-electron chi connectivity index (χ4n) is 2.93. The van der Waals surface area contributed by atoms with E-state index in [2.05, 4.69) is 65.8 Å². The van der Waals surface area contributed by atoms with Crippen molar-refractivity contribution in [1.29, 1.82) is 0 Å². The van der Waals surface area contributed by atoms with Gasteiger partial charge in [-0.25, -0.2) is 9.82 Å². The number of carbonyl (C=O) groups excluding carboxylic acids is 1. The zero-order chi connectivity index (χ0) is 22.4. The molecule has 1 N–H and O–H groups in total. The van der Waals surface area contributed by atoms with Crippen molar-refractivity contribution < 1.29 is 9.18 Å². The number of nitrogens with zero attached hydrogens (tertiary/aromatic N) is 4. The Bertz CT molecular complexity index is 1070. The van der Waals surface area contributed by atoms with Gasteiger partial charge in [0.2, 0.25) is 0 Å². The lowest BCUT2D eigenvalue weighted by atomic mass is 9.87. The van der Waals surface area contributed by atoms with Crippen LogP contribution in [0.3, 0.4) is 0 Å². The third-order valence-electron chi connectivity index (χ3n) is 4.67. The van der Waals surface area contributed by atoms with E-state index in [-0.39, 0.29) is 17.1 Å². The van der Waals surface area contributed by atoms with E-state index >= 15 is 0 Å². The smallest absolute Gasteiger partial charge is 0.250 e. The van der Waals surface area contributed by atoms with Gasteiger partial charge >= 0.3 is 0 Å². The van der Waals surface area contributed by atoms with Crippen molar-refractivity contribution in [2.24, 2.45) is 5.10 Å². The molecular formula is C23H26FN5OS. The summed E-state index contributed by atoms with van der Waals surface area (Å²) >= 11 is 1.28. The number of rotatable bonds is 7. The number of benzene rings is 2. The topological polar surface area (TPSA) is 72.2 Å². The molecular weight excluding hydrogens is 413 g/mol. The molecule has 0 unspecified atom stereocenters. The molecule has 3 aromatic rings. The van der Waals surface area contributed by atoms with Crippen LogP contribution in [-0.2, 0) is 16.8 Å². The van der Waals surface area contributed by atoms with E-state index in [1.54, 1.807) is 18.2 Å². The molecule has 6 nitrogen and oxygen atoms in total. The molecule has 0 bridgehead atoms. The molecule has 0 atom stereocenters. The number of hydrogen-bond donors (Lipinski definition) is 1. The second-order valence-electron chi connectivity index (χ2n) is 7.98. The van der Waals surface area contributed by atoms with Crippen molar-refractivity contribution in [3.8, 4) is 11.4 Å². The highest BCUT2D eigenvalue weighted by Crippen LogP contribution is 2.27. The Morgan fingerprint density at radius 3 is 2.52 bits per heavy atom. The van der Waals surface area contributed by atoms with Crippen LogP contribution in [0.15, 0.2) is 58.8 Å². The molecule has 0 saturated heterocycles. The van der Waals surface area contributed by atoms with Crippen molar-refractivity contribution in [2.45, 2.75) is 44.8 Å². The normalized spacial score (nSPS) is 11.8. The number of halogens is 1. The number of amides is 1. The van der Waals surface area contributed by atoms with Crippen LogP contribution in [0.2, 0.25) is 0 Å². The largest absolute Gasteiger partial charge is 0.302 e. The summed E-state index contributed by atoms with van der Waals surface area (Å²) in [4.78, 5) is 12.1. The van der Waals surface area contributed by atoms with E-state index in [0.29, 0.717) is 17.3 Å². The lowest BCUT2D eigenvalue weighted by molar-refractivity contribution is -0.118. The first-order valence-electron chi connectivity index (χ1n) is 10.0. The number of hydrazone groups is 1. The van der Waals surface area contributed by atoms with Gasteiger partial charge in [0.15, 0.2) is 11.0 Å². The van der Waals surface area contributed by atoms with E-state index in [1.165, 1.54) is 29.6 Å². The van der Waals surface area contributed by atoms with Crippen molar-refractivity contribution in [3.05, 3.63) is 65.5 Å². The molecule has 31 heavy (non-hydrogen) atoms. The first kappa shape index (κ1) is 22.7. The molecule has 0 spiro atoms.